The van der Waals surface area contributed by atoms with E-state index in [0.29, 0.717) is 11.2 Å². The largest absolute Gasteiger partial charge is 0.381 e. The molecule has 19 heavy (non-hydrogen) atoms. The Bertz CT molecular complexity index is 453. The van der Waals surface area contributed by atoms with Crippen LogP contribution in [-0.2, 0) is 4.74 Å². The van der Waals surface area contributed by atoms with E-state index in [2.05, 4.69) is 22.3 Å². The molecule has 104 valence electrons. The highest BCUT2D eigenvalue weighted by Gasteiger charge is 2.24. The van der Waals surface area contributed by atoms with Gasteiger partial charge in [-0.1, -0.05) is 23.9 Å². The zero-order valence-corrected chi connectivity index (χ0v) is 11.8. The lowest BCUT2D eigenvalue weighted by Crippen LogP contribution is -2.22. The minimum absolute atomic E-state index is 0.391. The number of allylic oxidation sites excluding steroid dienone is 1. The van der Waals surface area contributed by atoms with Crippen molar-refractivity contribution in [1.29, 1.82) is 0 Å². The molecule has 2 N–H and O–H groups in total. The molecule has 0 amide bonds. The van der Waals surface area contributed by atoms with Gasteiger partial charge in [-0.2, -0.15) is 0 Å². The van der Waals surface area contributed by atoms with Gasteiger partial charge in [0.15, 0.2) is 5.82 Å². The van der Waals surface area contributed by atoms with Gasteiger partial charge in [-0.15, -0.1) is 10.2 Å². The first-order valence-electron chi connectivity index (χ1n) is 6.96. The Morgan fingerprint density at radius 1 is 1.26 bits per heavy atom. The standard InChI is InChI=1S/C13H20N4OS/c14-17-12(10-6-8-18-9-7-10)15-16-13(17)19-11-4-2-1-3-5-11/h2,4,10-11H,1,3,5-9,14H2/t11-/m0/s1. The van der Waals surface area contributed by atoms with Crippen molar-refractivity contribution in [1.82, 2.24) is 14.9 Å². The van der Waals surface area contributed by atoms with E-state index in [1.54, 1.807) is 16.4 Å². The number of nitrogen functional groups attached to an aromatic ring is 1. The van der Waals surface area contributed by atoms with Crippen LogP contribution >= 0.6 is 11.8 Å². The molecule has 2 aliphatic rings. The van der Waals surface area contributed by atoms with Crippen LogP contribution in [0.15, 0.2) is 17.3 Å². The SMILES string of the molecule is Nn1c(S[C@H]2C=CCCC2)nnc1C1CCOCC1. The predicted molar refractivity (Wildman–Crippen MR) is 75.6 cm³/mol. The molecule has 3 rings (SSSR count). The smallest absolute Gasteiger partial charge is 0.210 e. The summed E-state index contributed by atoms with van der Waals surface area (Å²) < 4.78 is 7.06. The number of nitrogens with zero attached hydrogens (tertiary/aromatic N) is 3. The van der Waals surface area contributed by atoms with Crippen LogP contribution in [-0.4, -0.2) is 33.3 Å². The minimum atomic E-state index is 0.391. The number of rotatable bonds is 3. The van der Waals surface area contributed by atoms with Gasteiger partial charge >= 0.3 is 0 Å². The molecule has 0 radical (unpaired) electrons. The van der Waals surface area contributed by atoms with E-state index in [0.717, 1.165) is 37.0 Å². The average molecular weight is 280 g/mol. The van der Waals surface area contributed by atoms with Crippen LogP contribution in [0.1, 0.15) is 43.8 Å². The summed E-state index contributed by atoms with van der Waals surface area (Å²) in [4.78, 5) is 0. The Morgan fingerprint density at radius 2 is 2.11 bits per heavy atom. The zero-order valence-electron chi connectivity index (χ0n) is 11.0. The maximum Gasteiger partial charge on any atom is 0.210 e. The van der Waals surface area contributed by atoms with Gasteiger partial charge in [0.05, 0.1) is 0 Å². The molecule has 6 heteroatoms. The normalized spacial score (nSPS) is 24.7. The minimum Gasteiger partial charge on any atom is -0.381 e. The van der Waals surface area contributed by atoms with Crippen LogP contribution in [0, 0.1) is 0 Å². The van der Waals surface area contributed by atoms with E-state index in [1.807, 2.05) is 0 Å². The molecule has 0 unspecified atom stereocenters. The lowest BCUT2D eigenvalue weighted by Gasteiger charge is -2.21. The number of hydrogen-bond acceptors (Lipinski definition) is 5. The molecule has 0 bridgehead atoms. The molecule has 5 nitrogen and oxygen atoms in total. The Hall–Kier alpha value is -1.01. The second-order valence-electron chi connectivity index (χ2n) is 5.11. The van der Waals surface area contributed by atoms with Gasteiger partial charge in [0, 0.05) is 24.4 Å². The Kier molecular flexibility index (Phi) is 4.08. The number of thioether (sulfide) groups is 1. The number of hydrogen-bond donors (Lipinski definition) is 1. The van der Waals surface area contributed by atoms with Crippen LogP contribution in [0.5, 0.6) is 0 Å². The molecule has 0 saturated carbocycles. The highest BCUT2D eigenvalue weighted by molar-refractivity contribution is 7.99. The lowest BCUT2D eigenvalue weighted by molar-refractivity contribution is 0.0830. The Balaban J connectivity index is 1.70. The van der Waals surface area contributed by atoms with E-state index in [-0.39, 0.29) is 0 Å². The highest BCUT2D eigenvalue weighted by atomic mass is 32.2. The van der Waals surface area contributed by atoms with Crippen molar-refractivity contribution in [2.45, 2.75) is 48.4 Å². The molecule has 1 fully saturated rings. The van der Waals surface area contributed by atoms with Gasteiger partial charge < -0.3 is 10.6 Å². The molecule has 1 saturated heterocycles. The molecular weight excluding hydrogens is 260 g/mol. The van der Waals surface area contributed by atoms with E-state index in [9.17, 15) is 0 Å². The van der Waals surface area contributed by atoms with E-state index in [1.165, 1.54) is 19.3 Å². The molecular formula is C13H20N4OS. The summed E-state index contributed by atoms with van der Waals surface area (Å²) in [5.74, 6) is 7.46. The first kappa shape index (κ1) is 13.0. The van der Waals surface area contributed by atoms with Crippen LogP contribution < -0.4 is 5.84 Å². The van der Waals surface area contributed by atoms with Crippen LogP contribution in [0.25, 0.3) is 0 Å². The third-order valence-electron chi connectivity index (χ3n) is 3.74. The number of nitrogens with two attached hydrogens (primary N) is 1. The summed E-state index contributed by atoms with van der Waals surface area (Å²) in [7, 11) is 0. The van der Waals surface area contributed by atoms with Crippen molar-refractivity contribution in [3.05, 3.63) is 18.0 Å². The average Bonchev–Trinajstić information content (AvgIpc) is 2.82. The van der Waals surface area contributed by atoms with Crippen LogP contribution in [0.4, 0.5) is 0 Å². The fourth-order valence-corrected chi connectivity index (χ4v) is 3.66. The summed E-state index contributed by atoms with van der Waals surface area (Å²) in [5.41, 5.74) is 0. The van der Waals surface area contributed by atoms with Gasteiger partial charge in [0.2, 0.25) is 5.16 Å². The molecule has 0 aromatic carbocycles. The molecule has 1 aliphatic heterocycles. The summed E-state index contributed by atoms with van der Waals surface area (Å²) in [6, 6.07) is 0. The first-order chi connectivity index (χ1) is 9.34. The van der Waals surface area contributed by atoms with Gasteiger partial charge in [0.1, 0.15) is 0 Å². The van der Waals surface area contributed by atoms with Crippen molar-refractivity contribution in [2.24, 2.45) is 0 Å². The van der Waals surface area contributed by atoms with Gasteiger partial charge in [-0.25, -0.2) is 4.68 Å². The third-order valence-corrected chi connectivity index (χ3v) is 4.93. The lowest BCUT2D eigenvalue weighted by atomic mass is 10.00. The van der Waals surface area contributed by atoms with Crippen LogP contribution in [0.3, 0.4) is 0 Å². The fourth-order valence-electron chi connectivity index (χ4n) is 2.62. The van der Waals surface area contributed by atoms with Crippen molar-refractivity contribution in [2.75, 3.05) is 19.1 Å². The van der Waals surface area contributed by atoms with Crippen LogP contribution in [0.2, 0.25) is 0 Å². The third kappa shape index (κ3) is 2.95. The molecule has 0 spiro atoms. The van der Waals surface area contributed by atoms with Gasteiger partial charge in [-0.3, -0.25) is 0 Å². The van der Waals surface area contributed by atoms with E-state index in [4.69, 9.17) is 10.6 Å². The van der Waals surface area contributed by atoms with Crippen molar-refractivity contribution in [3.8, 4) is 0 Å². The monoisotopic (exact) mass is 280 g/mol. The maximum atomic E-state index is 6.16. The van der Waals surface area contributed by atoms with Crippen molar-refractivity contribution < 1.29 is 4.74 Å². The predicted octanol–water partition coefficient (Wildman–Crippen LogP) is 2.09. The van der Waals surface area contributed by atoms with E-state index >= 15 is 0 Å². The Morgan fingerprint density at radius 3 is 2.84 bits per heavy atom. The summed E-state index contributed by atoms with van der Waals surface area (Å²) in [6.45, 7) is 1.59. The fraction of sp³-hybridized carbons (Fsp3) is 0.692. The topological polar surface area (TPSA) is 66.0 Å². The zero-order chi connectivity index (χ0) is 13.1. The molecule has 2 heterocycles. The Labute approximate surface area is 117 Å². The van der Waals surface area contributed by atoms with Gasteiger partial charge in [0.25, 0.3) is 0 Å². The molecule has 1 aromatic rings. The summed E-state index contributed by atoms with van der Waals surface area (Å²) in [5, 5.41) is 9.87. The first-order valence-corrected chi connectivity index (χ1v) is 7.84. The molecule has 1 aromatic heterocycles. The van der Waals surface area contributed by atoms with Gasteiger partial charge in [-0.05, 0) is 32.1 Å². The second-order valence-corrected chi connectivity index (χ2v) is 6.32. The maximum absolute atomic E-state index is 6.16. The summed E-state index contributed by atoms with van der Waals surface area (Å²) in [6.07, 6.45) is 10.1. The van der Waals surface area contributed by atoms with Crippen molar-refractivity contribution >= 4 is 11.8 Å². The number of aromatic nitrogens is 3. The summed E-state index contributed by atoms with van der Waals surface area (Å²) >= 11 is 1.72. The highest BCUT2D eigenvalue weighted by Crippen LogP contribution is 2.31. The molecule has 1 aliphatic carbocycles. The van der Waals surface area contributed by atoms with Crippen molar-refractivity contribution in [3.63, 3.8) is 0 Å². The quantitative estimate of drug-likeness (QED) is 0.678. The molecule has 1 atom stereocenters. The second kappa shape index (κ2) is 5.96. The van der Waals surface area contributed by atoms with E-state index < -0.39 is 0 Å². The number of ether oxygens (including phenoxy) is 1.